The number of hydrogen-bond acceptors (Lipinski definition) is 10. The van der Waals surface area contributed by atoms with E-state index in [-0.39, 0.29) is 6.61 Å². The summed E-state index contributed by atoms with van der Waals surface area (Å²) in [6.07, 6.45) is 6.31. The van der Waals surface area contributed by atoms with E-state index in [1.54, 1.807) is 0 Å². The van der Waals surface area contributed by atoms with Crippen LogP contribution in [0.2, 0.25) is 0 Å². The predicted molar refractivity (Wildman–Crippen MR) is 126 cm³/mol. The third-order valence-electron chi connectivity index (χ3n) is 3.86. The summed E-state index contributed by atoms with van der Waals surface area (Å²) in [6.45, 7) is 10.1. The molecule has 34 heavy (non-hydrogen) atoms. The molecule has 0 aliphatic carbocycles. The Morgan fingerprint density at radius 1 is 0.471 bits per heavy atom. The lowest BCUT2D eigenvalue weighted by atomic mass is 10.2. The molecule has 0 radical (unpaired) electrons. The van der Waals surface area contributed by atoms with Crippen molar-refractivity contribution < 1.29 is 55.8 Å². The van der Waals surface area contributed by atoms with Gasteiger partial charge in [-0.3, -0.25) is 9.11 Å². The van der Waals surface area contributed by atoms with Crippen molar-refractivity contribution in [3.05, 3.63) is 0 Å². The lowest BCUT2D eigenvalue weighted by molar-refractivity contribution is -0.0215. The maximum absolute atomic E-state index is 8.74. The Bertz CT molecular complexity index is 431. The average molecular weight is 523 g/mol. The van der Waals surface area contributed by atoms with Crippen molar-refractivity contribution in [3.8, 4) is 0 Å². The van der Waals surface area contributed by atoms with Crippen LogP contribution in [-0.4, -0.2) is 122 Å². The predicted octanol–water partition coefficient (Wildman–Crippen LogP) is 1.41. The molecule has 0 aromatic rings. The van der Waals surface area contributed by atoms with Crippen LogP contribution >= 0.6 is 0 Å². The Morgan fingerprint density at radius 3 is 1.03 bits per heavy atom. The fourth-order valence-electron chi connectivity index (χ4n) is 2.29. The van der Waals surface area contributed by atoms with Gasteiger partial charge in [-0.05, 0) is 6.42 Å². The molecule has 0 heterocycles. The van der Waals surface area contributed by atoms with E-state index in [0.29, 0.717) is 85.9 Å². The maximum atomic E-state index is 8.74. The van der Waals surface area contributed by atoms with Crippen LogP contribution in [0.4, 0.5) is 0 Å². The SMILES string of the molecule is CCCCCCCOCCOCCOCCOCCOCCOCCOCCO.O=S(=O)(O)O. The van der Waals surface area contributed by atoms with Gasteiger partial charge in [0, 0.05) is 6.61 Å². The highest BCUT2D eigenvalue weighted by Gasteiger charge is 1.95. The smallest absolute Gasteiger partial charge is 0.394 e. The number of rotatable bonds is 26. The van der Waals surface area contributed by atoms with E-state index in [1.165, 1.54) is 25.7 Å². The van der Waals surface area contributed by atoms with Crippen LogP contribution in [0.3, 0.4) is 0 Å². The van der Waals surface area contributed by atoms with Gasteiger partial charge in [-0.25, -0.2) is 0 Å². The number of unbranched alkanes of at least 4 members (excludes halogenated alkanes) is 4. The Balaban J connectivity index is 0. The van der Waals surface area contributed by atoms with Crippen LogP contribution in [0, 0.1) is 0 Å². The fraction of sp³-hybridized carbons (Fsp3) is 1.00. The van der Waals surface area contributed by atoms with Gasteiger partial charge >= 0.3 is 10.4 Å². The standard InChI is InChI=1S/C21H44O8.H2O4S/c1-2-3-4-5-6-8-23-10-12-25-14-16-27-18-20-29-21-19-28-17-15-26-13-11-24-9-7-22;1-5(2,3)4/h22H,2-21H2,1H3;(H2,1,2,3,4). The van der Waals surface area contributed by atoms with Gasteiger partial charge in [-0.15, -0.1) is 0 Å². The van der Waals surface area contributed by atoms with Crippen molar-refractivity contribution in [1.29, 1.82) is 0 Å². The highest BCUT2D eigenvalue weighted by molar-refractivity contribution is 7.79. The summed E-state index contributed by atoms with van der Waals surface area (Å²) in [5.41, 5.74) is 0. The normalized spacial score (nSPS) is 11.4. The second-order valence-corrected chi connectivity index (χ2v) is 7.77. The van der Waals surface area contributed by atoms with Crippen molar-refractivity contribution >= 4 is 10.4 Å². The monoisotopic (exact) mass is 522 g/mol. The van der Waals surface area contributed by atoms with Crippen molar-refractivity contribution in [2.75, 3.05) is 99.1 Å². The van der Waals surface area contributed by atoms with E-state index in [4.69, 9.17) is 55.8 Å². The zero-order valence-electron chi connectivity index (χ0n) is 20.6. The third-order valence-corrected chi connectivity index (χ3v) is 3.86. The minimum atomic E-state index is -4.67. The van der Waals surface area contributed by atoms with Gasteiger partial charge in [0.15, 0.2) is 0 Å². The van der Waals surface area contributed by atoms with E-state index >= 15 is 0 Å². The molecule has 12 nitrogen and oxygen atoms in total. The van der Waals surface area contributed by atoms with Crippen molar-refractivity contribution in [2.24, 2.45) is 0 Å². The molecular formula is C21H46O12S. The second-order valence-electron chi connectivity index (χ2n) is 6.87. The molecule has 0 unspecified atom stereocenters. The molecule has 13 heteroatoms. The van der Waals surface area contributed by atoms with E-state index < -0.39 is 10.4 Å². The molecule has 0 aliphatic heterocycles. The number of aliphatic hydroxyl groups excluding tert-OH is 1. The van der Waals surface area contributed by atoms with E-state index in [1.807, 2.05) is 0 Å². The lowest BCUT2D eigenvalue weighted by Crippen LogP contribution is -2.14. The van der Waals surface area contributed by atoms with Gasteiger partial charge in [-0.2, -0.15) is 8.42 Å². The molecule has 0 spiro atoms. The first-order valence-electron chi connectivity index (χ1n) is 11.8. The minimum Gasteiger partial charge on any atom is -0.394 e. The first-order valence-corrected chi connectivity index (χ1v) is 13.2. The van der Waals surface area contributed by atoms with Gasteiger partial charge in [0.25, 0.3) is 0 Å². The molecule has 0 bridgehead atoms. The Labute approximate surface area is 204 Å². The van der Waals surface area contributed by atoms with Crippen molar-refractivity contribution in [1.82, 2.24) is 0 Å². The van der Waals surface area contributed by atoms with E-state index in [2.05, 4.69) is 6.92 Å². The molecule has 3 N–H and O–H groups in total. The fourth-order valence-corrected chi connectivity index (χ4v) is 2.29. The van der Waals surface area contributed by atoms with Crippen molar-refractivity contribution in [3.63, 3.8) is 0 Å². The topological polar surface area (TPSA) is 159 Å². The van der Waals surface area contributed by atoms with Gasteiger partial charge in [0.05, 0.1) is 92.5 Å². The first-order chi connectivity index (χ1) is 16.4. The Hall–Kier alpha value is -0.450. The van der Waals surface area contributed by atoms with E-state index in [9.17, 15) is 0 Å². The van der Waals surface area contributed by atoms with Gasteiger partial charge < -0.3 is 38.3 Å². The summed E-state index contributed by atoms with van der Waals surface area (Å²) in [5, 5.41) is 8.53. The molecular weight excluding hydrogens is 476 g/mol. The highest BCUT2D eigenvalue weighted by Crippen LogP contribution is 2.02. The Kier molecular flexibility index (Phi) is 32.1. The van der Waals surface area contributed by atoms with Crippen LogP contribution < -0.4 is 0 Å². The quantitative estimate of drug-likeness (QED) is 0.111. The van der Waals surface area contributed by atoms with E-state index in [0.717, 1.165) is 13.0 Å². The summed E-state index contributed by atoms with van der Waals surface area (Å²) in [7, 11) is -4.67. The molecule has 0 rings (SSSR count). The summed E-state index contributed by atoms with van der Waals surface area (Å²) in [4.78, 5) is 0. The zero-order valence-corrected chi connectivity index (χ0v) is 21.4. The van der Waals surface area contributed by atoms with Crippen molar-refractivity contribution in [2.45, 2.75) is 39.0 Å². The summed E-state index contributed by atoms with van der Waals surface area (Å²) >= 11 is 0. The maximum Gasteiger partial charge on any atom is 0.394 e. The third kappa shape index (κ3) is 45.1. The minimum absolute atomic E-state index is 0.0384. The molecule has 0 aliphatic rings. The second kappa shape index (κ2) is 30.6. The molecule has 0 aromatic carbocycles. The van der Waals surface area contributed by atoms with Gasteiger partial charge in [0.1, 0.15) is 0 Å². The lowest BCUT2D eigenvalue weighted by Gasteiger charge is -2.08. The molecule has 0 saturated heterocycles. The molecule has 0 aromatic heterocycles. The van der Waals surface area contributed by atoms with Crippen LogP contribution in [0.5, 0.6) is 0 Å². The molecule has 208 valence electrons. The first kappa shape index (κ1) is 35.7. The Morgan fingerprint density at radius 2 is 0.735 bits per heavy atom. The molecule has 0 fully saturated rings. The molecule has 0 amide bonds. The number of hydrogen-bond donors (Lipinski definition) is 3. The largest absolute Gasteiger partial charge is 0.394 e. The number of ether oxygens (including phenoxy) is 7. The van der Waals surface area contributed by atoms with Crippen LogP contribution in [0.1, 0.15) is 39.0 Å². The molecule has 0 atom stereocenters. The zero-order chi connectivity index (χ0) is 25.6. The highest BCUT2D eigenvalue weighted by atomic mass is 32.3. The van der Waals surface area contributed by atoms with Crippen LogP contribution in [-0.2, 0) is 43.6 Å². The van der Waals surface area contributed by atoms with Gasteiger partial charge in [0.2, 0.25) is 0 Å². The van der Waals surface area contributed by atoms with Crippen LogP contribution in [0.15, 0.2) is 0 Å². The summed E-state index contributed by atoms with van der Waals surface area (Å²) < 4.78 is 69.2. The summed E-state index contributed by atoms with van der Waals surface area (Å²) in [5.74, 6) is 0. The number of aliphatic hydroxyl groups is 1. The average Bonchev–Trinajstić information content (AvgIpc) is 2.78. The van der Waals surface area contributed by atoms with Gasteiger partial charge in [-0.1, -0.05) is 32.6 Å². The van der Waals surface area contributed by atoms with Crippen LogP contribution in [0.25, 0.3) is 0 Å². The molecule has 0 saturated carbocycles. The summed E-state index contributed by atoms with van der Waals surface area (Å²) in [6, 6.07) is 0.